The number of amides is 3. The zero-order valence-corrected chi connectivity index (χ0v) is 18.1. The molecule has 0 aliphatic carbocycles. The summed E-state index contributed by atoms with van der Waals surface area (Å²) in [5.74, 6) is -0.340. The summed E-state index contributed by atoms with van der Waals surface area (Å²) in [6.45, 7) is 2.56. The highest BCUT2D eigenvalue weighted by atomic mass is 16.2. The smallest absolute Gasteiger partial charge is 0.336 e. The van der Waals surface area contributed by atoms with Gasteiger partial charge in [-0.05, 0) is 37.0 Å². The van der Waals surface area contributed by atoms with Crippen LogP contribution in [0.25, 0.3) is 10.9 Å². The lowest BCUT2D eigenvalue weighted by atomic mass is 10.1. The van der Waals surface area contributed by atoms with Gasteiger partial charge in [-0.2, -0.15) is 0 Å². The summed E-state index contributed by atoms with van der Waals surface area (Å²) in [4.78, 5) is 29.2. The number of nitrogens with zero attached hydrogens (tertiary/aromatic N) is 3. The van der Waals surface area contributed by atoms with E-state index < -0.39 is 0 Å². The van der Waals surface area contributed by atoms with Gasteiger partial charge in [-0.1, -0.05) is 36.4 Å². The van der Waals surface area contributed by atoms with Crippen LogP contribution in [0.2, 0.25) is 0 Å². The number of hydrazine groups is 1. The maximum atomic E-state index is 12.7. The number of hydrogen-bond acceptors (Lipinski definition) is 3. The molecule has 2 aromatic carbocycles. The molecule has 0 atom stereocenters. The second-order valence-electron chi connectivity index (χ2n) is 8.09. The van der Waals surface area contributed by atoms with Crippen molar-refractivity contribution in [1.82, 2.24) is 20.3 Å². The Morgan fingerprint density at radius 2 is 1.68 bits per heavy atom. The van der Waals surface area contributed by atoms with Crippen molar-refractivity contribution >= 4 is 28.5 Å². The fourth-order valence-electron chi connectivity index (χ4n) is 4.21. The van der Waals surface area contributed by atoms with Crippen molar-refractivity contribution in [2.45, 2.75) is 25.8 Å². The second kappa shape index (κ2) is 9.12. The van der Waals surface area contributed by atoms with E-state index in [0.717, 1.165) is 29.6 Å². The zero-order valence-electron chi connectivity index (χ0n) is 18.1. The molecule has 2 heterocycles. The number of aromatic nitrogens is 1. The van der Waals surface area contributed by atoms with E-state index >= 15 is 0 Å². The lowest BCUT2D eigenvalue weighted by Crippen LogP contribution is -2.47. The van der Waals surface area contributed by atoms with Gasteiger partial charge in [0.05, 0.1) is 5.56 Å². The number of aryl methyl sites for hydroxylation is 1. The number of hydrogen-bond donors (Lipinski definition) is 2. The molecule has 1 aliphatic rings. The summed E-state index contributed by atoms with van der Waals surface area (Å²) in [5, 5.41) is 0.848. The van der Waals surface area contributed by atoms with Gasteiger partial charge in [0.15, 0.2) is 0 Å². The van der Waals surface area contributed by atoms with Crippen LogP contribution in [0.3, 0.4) is 0 Å². The number of carbonyl (C=O) groups is 2. The Kier molecular flexibility index (Phi) is 6.11. The van der Waals surface area contributed by atoms with Crippen LogP contribution in [0.1, 0.15) is 35.2 Å². The minimum atomic E-state index is -0.359. The summed E-state index contributed by atoms with van der Waals surface area (Å²) < 4.78 is 1.90. The number of urea groups is 1. The van der Waals surface area contributed by atoms with E-state index in [9.17, 15) is 9.59 Å². The van der Waals surface area contributed by atoms with Gasteiger partial charge in [-0.3, -0.25) is 10.2 Å². The van der Waals surface area contributed by atoms with Gasteiger partial charge in [-0.15, -0.1) is 0 Å². The molecule has 31 heavy (non-hydrogen) atoms. The molecule has 1 aromatic heterocycles. The lowest BCUT2D eigenvalue weighted by molar-refractivity contribution is 0.0932. The van der Waals surface area contributed by atoms with Gasteiger partial charge >= 0.3 is 6.03 Å². The molecule has 0 radical (unpaired) electrons. The third-order valence-electron chi connectivity index (χ3n) is 5.87. The molecule has 3 aromatic rings. The van der Waals surface area contributed by atoms with E-state index in [0.29, 0.717) is 12.1 Å². The van der Waals surface area contributed by atoms with E-state index in [4.69, 9.17) is 0 Å². The third kappa shape index (κ3) is 4.50. The Labute approximate surface area is 182 Å². The first-order valence-corrected chi connectivity index (χ1v) is 10.7. The van der Waals surface area contributed by atoms with Crippen molar-refractivity contribution in [2.24, 2.45) is 7.05 Å². The Morgan fingerprint density at radius 1 is 0.968 bits per heavy atom. The number of benzene rings is 2. The number of piperidine rings is 1. The highest BCUT2D eigenvalue weighted by molar-refractivity contribution is 6.07. The molecule has 7 nitrogen and oxygen atoms in total. The molecule has 1 aliphatic heterocycles. The Morgan fingerprint density at radius 3 is 2.48 bits per heavy atom. The molecule has 1 saturated heterocycles. The fraction of sp³-hybridized carbons (Fsp3) is 0.333. The highest BCUT2D eigenvalue weighted by Gasteiger charge is 2.18. The minimum Gasteiger partial charge on any atom is -0.371 e. The van der Waals surface area contributed by atoms with Gasteiger partial charge in [0, 0.05) is 56.5 Å². The molecule has 0 spiro atoms. The minimum absolute atomic E-state index is 0.340. The maximum absolute atomic E-state index is 12.7. The van der Waals surface area contributed by atoms with Crippen LogP contribution < -0.4 is 15.8 Å². The first kappa shape index (κ1) is 20.8. The van der Waals surface area contributed by atoms with Crippen LogP contribution in [0.5, 0.6) is 0 Å². The number of nitrogens with one attached hydrogen (secondary N) is 2. The van der Waals surface area contributed by atoms with Crippen molar-refractivity contribution in [3.05, 3.63) is 65.9 Å². The lowest BCUT2D eigenvalue weighted by Gasteiger charge is -2.31. The molecule has 4 rings (SSSR count). The summed E-state index contributed by atoms with van der Waals surface area (Å²) in [6, 6.07) is 15.5. The largest absolute Gasteiger partial charge is 0.371 e. The highest BCUT2D eigenvalue weighted by Crippen LogP contribution is 2.25. The first-order valence-electron chi connectivity index (χ1n) is 10.7. The topological polar surface area (TPSA) is 69.6 Å². The van der Waals surface area contributed by atoms with Crippen LogP contribution in [0.15, 0.2) is 54.7 Å². The van der Waals surface area contributed by atoms with E-state index in [1.807, 2.05) is 48.0 Å². The van der Waals surface area contributed by atoms with Gasteiger partial charge in [-0.25, -0.2) is 10.2 Å². The second-order valence-corrected chi connectivity index (χ2v) is 8.09. The Bertz CT molecular complexity index is 1080. The van der Waals surface area contributed by atoms with E-state index in [-0.39, 0.29) is 11.9 Å². The Hall–Kier alpha value is -3.48. The van der Waals surface area contributed by atoms with Crippen LogP contribution in [-0.2, 0) is 13.6 Å². The van der Waals surface area contributed by atoms with Gasteiger partial charge < -0.3 is 14.4 Å². The fourth-order valence-corrected chi connectivity index (χ4v) is 4.21. The number of carbonyl (C=O) groups excluding carboxylic acids is 2. The number of fused-ring (bicyclic) bond motifs is 1. The van der Waals surface area contributed by atoms with Crippen LogP contribution in [0, 0.1) is 0 Å². The van der Waals surface area contributed by atoms with Crippen LogP contribution >= 0.6 is 0 Å². The summed E-state index contributed by atoms with van der Waals surface area (Å²) in [6.07, 6.45) is 5.44. The van der Waals surface area contributed by atoms with Crippen molar-refractivity contribution in [3.63, 3.8) is 0 Å². The molecule has 162 valence electrons. The zero-order chi connectivity index (χ0) is 21.8. The normalized spacial score (nSPS) is 13.8. The van der Waals surface area contributed by atoms with Gasteiger partial charge in [0.1, 0.15) is 0 Å². The standard InChI is InChI=1S/C24H29N5O2/c1-27-17-20(19-11-5-7-13-22(19)27)23(30)25-26-24(31)28(2)16-18-10-4-6-12-21(18)29-14-8-3-9-15-29/h4-7,10-13,17H,3,8-9,14-16H2,1-2H3,(H,25,30)(H,26,31). The first-order chi connectivity index (χ1) is 15.0. The maximum Gasteiger partial charge on any atom is 0.336 e. The average molecular weight is 420 g/mol. The third-order valence-corrected chi connectivity index (χ3v) is 5.87. The number of rotatable bonds is 4. The Balaban J connectivity index is 1.39. The molecule has 0 saturated carbocycles. The number of anilines is 1. The SMILES string of the molecule is CN(Cc1ccccc1N1CCCCC1)C(=O)NNC(=O)c1cn(C)c2ccccc12. The van der Waals surface area contributed by atoms with Crippen molar-refractivity contribution in [3.8, 4) is 0 Å². The van der Waals surface area contributed by atoms with E-state index in [1.54, 1.807) is 18.1 Å². The monoisotopic (exact) mass is 419 g/mol. The van der Waals surface area contributed by atoms with Crippen molar-refractivity contribution in [1.29, 1.82) is 0 Å². The molecular formula is C24H29N5O2. The average Bonchev–Trinajstić information content (AvgIpc) is 3.15. The van der Waals surface area contributed by atoms with Gasteiger partial charge in [0.2, 0.25) is 0 Å². The summed E-state index contributed by atoms with van der Waals surface area (Å²) >= 11 is 0. The predicted octanol–water partition coefficient (Wildman–Crippen LogP) is 3.66. The molecular weight excluding hydrogens is 390 g/mol. The van der Waals surface area contributed by atoms with E-state index in [1.165, 1.54) is 24.9 Å². The molecule has 7 heteroatoms. The number of para-hydroxylation sites is 2. The molecule has 2 N–H and O–H groups in total. The molecule has 0 unspecified atom stereocenters. The van der Waals surface area contributed by atoms with Crippen LogP contribution in [-0.4, -0.2) is 41.5 Å². The molecule has 0 bridgehead atoms. The van der Waals surface area contributed by atoms with Crippen LogP contribution in [0.4, 0.5) is 10.5 Å². The summed E-state index contributed by atoms with van der Waals surface area (Å²) in [5.41, 5.74) is 8.85. The quantitative estimate of drug-likeness (QED) is 0.634. The molecule has 3 amide bonds. The predicted molar refractivity (Wildman–Crippen MR) is 123 cm³/mol. The van der Waals surface area contributed by atoms with Crippen molar-refractivity contribution < 1.29 is 9.59 Å². The summed E-state index contributed by atoms with van der Waals surface area (Å²) in [7, 11) is 3.62. The molecule has 1 fully saturated rings. The van der Waals surface area contributed by atoms with E-state index in [2.05, 4.69) is 27.9 Å². The van der Waals surface area contributed by atoms with Gasteiger partial charge in [0.25, 0.3) is 5.91 Å². The van der Waals surface area contributed by atoms with Crippen molar-refractivity contribution in [2.75, 3.05) is 25.0 Å².